The lowest BCUT2D eigenvalue weighted by molar-refractivity contribution is 0.0724. The molecule has 0 atom stereocenters. The smallest absolute Gasteiger partial charge is 0.257 e. The number of hydrogen-bond donors (Lipinski definition) is 2. The molecular formula is C25H31N3O3S. The molecule has 0 aromatic heterocycles. The average Bonchev–Trinajstić information content (AvgIpc) is 2.83. The SMILES string of the molecule is CCCCCOc1ccc(C(=O)NC(=S)Nc2ccc(C(=O)N3CCCCC3)cc2)cc1. The summed E-state index contributed by atoms with van der Waals surface area (Å²) in [5.74, 6) is 0.513. The van der Waals surface area contributed by atoms with E-state index in [-0.39, 0.29) is 16.9 Å². The number of anilines is 1. The predicted molar refractivity (Wildman–Crippen MR) is 131 cm³/mol. The molecule has 1 fully saturated rings. The van der Waals surface area contributed by atoms with Crippen molar-refractivity contribution in [1.82, 2.24) is 10.2 Å². The van der Waals surface area contributed by atoms with Crippen molar-refractivity contribution >= 4 is 34.8 Å². The number of carbonyl (C=O) groups is 2. The number of nitrogens with zero attached hydrogens (tertiary/aromatic N) is 1. The van der Waals surface area contributed by atoms with Gasteiger partial charge in [-0.3, -0.25) is 14.9 Å². The maximum Gasteiger partial charge on any atom is 0.257 e. The van der Waals surface area contributed by atoms with Crippen LogP contribution in [0.4, 0.5) is 5.69 Å². The van der Waals surface area contributed by atoms with Crippen LogP contribution in [0.15, 0.2) is 48.5 Å². The first-order valence-corrected chi connectivity index (χ1v) is 11.7. The van der Waals surface area contributed by atoms with Crippen LogP contribution >= 0.6 is 12.2 Å². The minimum Gasteiger partial charge on any atom is -0.494 e. The van der Waals surface area contributed by atoms with E-state index >= 15 is 0 Å². The number of nitrogens with one attached hydrogen (secondary N) is 2. The Hall–Kier alpha value is -2.93. The summed E-state index contributed by atoms with van der Waals surface area (Å²) < 4.78 is 5.67. The second-order valence-electron chi connectivity index (χ2n) is 7.92. The summed E-state index contributed by atoms with van der Waals surface area (Å²) in [6, 6.07) is 14.2. The monoisotopic (exact) mass is 453 g/mol. The third-order valence-electron chi connectivity index (χ3n) is 5.39. The maximum absolute atomic E-state index is 12.6. The van der Waals surface area contributed by atoms with Crippen molar-refractivity contribution in [3.05, 3.63) is 59.7 Å². The van der Waals surface area contributed by atoms with Gasteiger partial charge in [-0.05, 0) is 86.4 Å². The molecular weight excluding hydrogens is 422 g/mol. The quantitative estimate of drug-likeness (QED) is 0.434. The Balaban J connectivity index is 1.47. The lowest BCUT2D eigenvalue weighted by atomic mass is 10.1. The number of likely N-dealkylation sites (tertiary alicyclic amines) is 1. The molecule has 0 saturated carbocycles. The topological polar surface area (TPSA) is 70.7 Å². The number of hydrogen-bond acceptors (Lipinski definition) is 4. The van der Waals surface area contributed by atoms with Crippen LogP contribution in [0.2, 0.25) is 0 Å². The molecule has 0 unspecified atom stereocenters. The van der Waals surface area contributed by atoms with E-state index in [0.29, 0.717) is 23.4 Å². The Morgan fingerprint density at radius 3 is 2.25 bits per heavy atom. The molecule has 0 aliphatic carbocycles. The predicted octanol–water partition coefficient (Wildman–Crippen LogP) is 5.01. The van der Waals surface area contributed by atoms with Gasteiger partial charge >= 0.3 is 0 Å². The molecule has 1 aliphatic rings. The van der Waals surface area contributed by atoms with Gasteiger partial charge in [0, 0.05) is 29.9 Å². The zero-order valence-electron chi connectivity index (χ0n) is 18.6. The summed E-state index contributed by atoms with van der Waals surface area (Å²) in [5.41, 5.74) is 1.86. The largest absolute Gasteiger partial charge is 0.494 e. The normalized spacial score (nSPS) is 13.3. The summed E-state index contributed by atoms with van der Waals surface area (Å²) in [5, 5.41) is 5.87. The molecule has 1 aliphatic heterocycles. The van der Waals surface area contributed by atoms with Gasteiger partial charge in [-0.25, -0.2) is 0 Å². The third-order valence-corrected chi connectivity index (χ3v) is 5.60. The standard InChI is InChI=1S/C25H31N3O3S/c1-2-3-7-18-31-22-14-10-19(11-15-22)23(29)27-25(32)26-21-12-8-20(9-13-21)24(30)28-16-5-4-6-17-28/h8-15H,2-7,16-18H2,1H3,(H2,26,27,29,32). The molecule has 7 heteroatoms. The molecule has 0 bridgehead atoms. The van der Waals surface area contributed by atoms with Gasteiger partial charge in [0.1, 0.15) is 5.75 Å². The van der Waals surface area contributed by atoms with Gasteiger partial charge in [0.15, 0.2) is 5.11 Å². The zero-order chi connectivity index (χ0) is 22.8. The first-order valence-electron chi connectivity index (χ1n) is 11.3. The fourth-order valence-corrected chi connectivity index (χ4v) is 3.77. The molecule has 1 heterocycles. The van der Waals surface area contributed by atoms with Gasteiger partial charge in [-0.1, -0.05) is 19.8 Å². The summed E-state index contributed by atoms with van der Waals surface area (Å²) in [6.45, 7) is 4.47. The van der Waals surface area contributed by atoms with Crippen molar-refractivity contribution in [2.24, 2.45) is 0 Å². The summed E-state index contributed by atoms with van der Waals surface area (Å²) in [7, 11) is 0. The minimum absolute atomic E-state index is 0.0601. The van der Waals surface area contributed by atoms with Gasteiger partial charge in [0.2, 0.25) is 0 Å². The van der Waals surface area contributed by atoms with Crippen LogP contribution in [-0.4, -0.2) is 41.5 Å². The summed E-state index contributed by atoms with van der Waals surface area (Å²) in [6.07, 6.45) is 6.63. The van der Waals surface area contributed by atoms with E-state index in [2.05, 4.69) is 17.6 Å². The number of amides is 2. The Morgan fingerprint density at radius 2 is 1.59 bits per heavy atom. The van der Waals surface area contributed by atoms with Crippen molar-refractivity contribution in [1.29, 1.82) is 0 Å². The van der Waals surface area contributed by atoms with E-state index in [0.717, 1.165) is 50.9 Å². The molecule has 2 aromatic carbocycles. The molecule has 3 rings (SSSR count). The van der Waals surface area contributed by atoms with Crippen molar-refractivity contribution in [2.45, 2.75) is 45.4 Å². The Kier molecular flexibility index (Phi) is 9.04. The molecule has 0 spiro atoms. The summed E-state index contributed by atoms with van der Waals surface area (Å²) in [4.78, 5) is 26.9. The van der Waals surface area contributed by atoms with Crippen LogP contribution < -0.4 is 15.4 Å². The number of thiocarbonyl (C=S) groups is 1. The fourth-order valence-electron chi connectivity index (χ4n) is 3.56. The Bertz CT molecular complexity index is 907. The van der Waals surface area contributed by atoms with Crippen LogP contribution in [0.1, 0.15) is 66.2 Å². The number of benzene rings is 2. The van der Waals surface area contributed by atoms with Crippen LogP contribution in [0.5, 0.6) is 5.75 Å². The Labute approximate surface area is 195 Å². The lowest BCUT2D eigenvalue weighted by Gasteiger charge is -2.26. The highest BCUT2D eigenvalue weighted by Crippen LogP contribution is 2.16. The first-order chi connectivity index (χ1) is 15.6. The van der Waals surface area contributed by atoms with Crippen LogP contribution in [0.25, 0.3) is 0 Å². The second-order valence-corrected chi connectivity index (χ2v) is 8.33. The average molecular weight is 454 g/mol. The highest BCUT2D eigenvalue weighted by Gasteiger charge is 2.18. The van der Waals surface area contributed by atoms with Gasteiger partial charge in [-0.2, -0.15) is 0 Å². The molecule has 2 aromatic rings. The van der Waals surface area contributed by atoms with Crippen molar-refractivity contribution < 1.29 is 14.3 Å². The number of piperidine rings is 1. The second kappa shape index (κ2) is 12.2. The molecule has 2 amide bonds. The minimum atomic E-state index is -0.295. The molecule has 32 heavy (non-hydrogen) atoms. The number of carbonyl (C=O) groups excluding carboxylic acids is 2. The molecule has 6 nitrogen and oxygen atoms in total. The highest BCUT2D eigenvalue weighted by atomic mass is 32.1. The van der Waals surface area contributed by atoms with Gasteiger partial charge in [0.25, 0.3) is 11.8 Å². The van der Waals surface area contributed by atoms with E-state index in [1.165, 1.54) is 6.42 Å². The number of rotatable bonds is 8. The number of ether oxygens (including phenoxy) is 1. The summed E-state index contributed by atoms with van der Waals surface area (Å²) >= 11 is 5.26. The van der Waals surface area contributed by atoms with Crippen molar-refractivity contribution in [2.75, 3.05) is 25.0 Å². The van der Waals surface area contributed by atoms with E-state index in [4.69, 9.17) is 17.0 Å². The molecule has 170 valence electrons. The van der Waals surface area contributed by atoms with Crippen LogP contribution in [0.3, 0.4) is 0 Å². The van der Waals surface area contributed by atoms with E-state index in [1.54, 1.807) is 48.5 Å². The van der Waals surface area contributed by atoms with Gasteiger partial charge in [0.05, 0.1) is 6.61 Å². The van der Waals surface area contributed by atoms with Crippen LogP contribution in [0, 0.1) is 0 Å². The zero-order valence-corrected chi connectivity index (χ0v) is 19.4. The van der Waals surface area contributed by atoms with Crippen molar-refractivity contribution in [3.63, 3.8) is 0 Å². The molecule has 0 radical (unpaired) electrons. The Morgan fingerprint density at radius 1 is 0.938 bits per heavy atom. The number of unbranched alkanes of at least 4 members (excludes halogenated alkanes) is 2. The first kappa shape index (κ1) is 23.7. The highest BCUT2D eigenvalue weighted by molar-refractivity contribution is 7.80. The fraction of sp³-hybridized carbons (Fsp3) is 0.400. The van der Waals surface area contributed by atoms with E-state index < -0.39 is 0 Å². The van der Waals surface area contributed by atoms with Crippen LogP contribution in [-0.2, 0) is 0 Å². The third kappa shape index (κ3) is 7.05. The molecule has 1 saturated heterocycles. The van der Waals surface area contributed by atoms with E-state index in [1.807, 2.05) is 4.90 Å². The maximum atomic E-state index is 12.6. The van der Waals surface area contributed by atoms with Gasteiger partial charge < -0.3 is 15.0 Å². The van der Waals surface area contributed by atoms with E-state index in [9.17, 15) is 9.59 Å². The molecule has 2 N–H and O–H groups in total. The van der Waals surface area contributed by atoms with Gasteiger partial charge in [-0.15, -0.1) is 0 Å². The van der Waals surface area contributed by atoms with Crippen molar-refractivity contribution in [3.8, 4) is 5.75 Å². The lowest BCUT2D eigenvalue weighted by Crippen LogP contribution is -2.35.